The lowest BCUT2D eigenvalue weighted by molar-refractivity contribution is -0.120. The molecule has 0 saturated heterocycles. The van der Waals surface area contributed by atoms with Crippen LogP contribution in [-0.4, -0.2) is 32.0 Å². The van der Waals surface area contributed by atoms with Gasteiger partial charge in [0.25, 0.3) is 5.91 Å². The summed E-state index contributed by atoms with van der Waals surface area (Å²) in [5.74, 6) is -0.286. The second-order valence-corrected chi connectivity index (χ2v) is 7.98. The van der Waals surface area contributed by atoms with Crippen molar-refractivity contribution in [1.82, 2.24) is 25.5 Å². The van der Waals surface area contributed by atoms with Gasteiger partial charge in [-0.25, -0.2) is 0 Å². The number of aryl methyl sites for hydroxylation is 2. The van der Waals surface area contributed by atoms with E-state index < -0.39 is 5.91 Å². The average molecular weight is 391 g/mol. The highest BCUT2D eigenvalue weighted by Gasteiger charge is 2.16. The highest BCUT2D eigenvalue weighted by atomic mass is 16.2. The van der Waals surface area contributed by atoms with Crippen LogP contribution in [0.1, 0.15) is 48.7 Å². The lowest BCUT2D eigenvalue weighted by Gasteiger charge is -2.18. The summed E-state index contributed by atoms with van der Waals surface area (Å²) in [7, 11) is 0. The Morgan fingerprint density at radius 1 is 1.03 bits per heavy atom. The van der Waals surface area contributed by atoms with E-state index in [1.54, 1.807) is 12.1 Å². The molecular weight excluding hydrogens is 366 g/mol. The predicted molar refractivity (Wildman–Crippen MR) is 110 cm³/mol. The van der Waals surface area contributed by atoms with Gasteiger partial charge in [0.05, 0.1) is 6.54 Å². The molecule has 0 spiro atoms. The number of nitrogens with one attached hydrogen (secondary N) is 1. The molecule has 1 N–H and O–H groups in total. The molecule has 1 heterocycles. The highest BCUT2D eigenvalue weighted by molar-refractivity contribution is 6.04. The van der Waals surface area contributed by atoms with Crippen LogP contribution in [0.3, 0.4) is 0 Å². The molecule has 0 atom stereocenters. The molecular formula is C22H25N5O2. The number of amides is 2. The fraction of sp³-hybridized carbons (Fsp3) is 0.318. The first kappa shape index (κ1) is 20.4. The fourth-order valence-electron chi connectivity index (χ4n) is 2.85. The van der Waals surface area contributed by atoms with Gasteiger partial charge in [0.2, 0.25) is 11.7 Å². The van der Waals surface area contributed by atoms with Gasteiger partial charge in [-0.2, -0.15) is 4.80 Å². The first-order valence-electron chi connectivity index (χ1n) is 9.52. The Morgan fingerprint density at radius 2 is 1.72 bits per heavy atom. The molecule has 2 aromatic carbocycles. The first-order chi connectivity index (χ1) is 13.7. The number of tetrazole rings is 1. The lowest BCUT2D eigenvalue weighted by Crippen LogP contribution is -2.31. The smallest absolute Gasteiger partial charge is 0.257 e. The van der Waals surface area contributed by atoms with Gasteiger partial charge >= 0.3 is 0 Å². The molecule has 0 bridgehead atoms. The van der Waals surface area contributed by atoms with Crippen LogP contribution in [0.5, 0.6) is 0 Å². The summed E-state index contributed by atoms with van der Waals surface area (Å²) < 4.78 is 0. The minimum atomic E-state index is -0.414. The Balaban J connectivity index is 1.55. The Kier molecular flexibility index (Phi) is 5.87. The van der Waals surface area contributed by atoms with Gasteiger partial charge in [-0.3, -0.25) is 14.9 Å². The number of rotatable bonds is 5. The van der Waals surface area contributed by atoms with Gasteiger partial charge in [0.15, 0.2) is 0 Å². The Morgan fingerprint density at radius 3 is 2.38 bits per heavy atom. The number of hydrogen-bond acceptors (Lipinski definition) is 5. The Hall–Kier alpha value is -3.35. The van der Waals surface area contributed by atoms with Crippen molar-refractivity contribution in [3.05, 3.63) is 65.2 Å². The van der Waals surface area contributed by atoms with Crippen molar-refractivity contribution in [1.29, 1.82) is 0 Å². The van der Waals surface area contributed by atoms with Crippen molar-refractivity contribution in [3.8, 4) is 11.4 Å². The van der Waals surface area contributed by atoms with Crippen LogP contribution in [0.4, 0.5) is 0 Å². The number of carbonyl (C=O) groups is 2. The molecule has 0 aliphatic heterocycles. The maximum atomic E-state index is 12.3. The van der Waals surface area contributed by atoms with Gasteiger partial charge in [-0.05, 0) is 40.8 Å². The molecule has 1 aromatic heterocycles. The monoisotopic (exact) mass is 391 g/mol. The lowest BCUT2D eigenvalue weighted by atomic mass is 9.87. The quantitative estimate of drug-likeness (QED) is 0.721. The summed E-state index contributed by atoms with van der Waals surface area (Å²) >= 11 is 0. The van der Waals surface area contributed by atoms with Crippen molar-refractivity contribution in [3.63, 3.8) is 0 Å². The summed E-state index contributed by atoms with van der Waals surface area (Å²) in [6, 6.07) is 15.0. The molecule has 0 fully saturated rings. The van der Waals surface area contributed by atoms with E-state index in [9.17, 15) is 9.59 Å². The third-order valence-corrected chi connectivity index (χ3v) is 4.64. The third-order valence-electron chi connectivity index (χ3n) is 4.64. The van der Waals surface area contributed by atoms with Crippen LogP contribution >= 0.6 is 0 Å². The molecule has 29 heavy (non-hydrogen) atoms. The summed E-state index contributed by atoms with van der Waals surface area (Å²) in [4.78, 5) is 25.8. The molecule has 0 saturated carbocycles. The Bertz CT molecular complexity index is 1020. The molecule has 0 radical (unpaired) electrons. The molecule has 0 aliphatic carbocycles. The maximum Gasteiger partial charge on any atom is 0.257 e. The van der Waals surface area contributed by atoms with E-state index in [-0.39, 0.29) is 24.3 Å². The molecule has 3 rings (SSSR count). The van der Waals surface area contributed by atoms with Crippen molar-refractivity contribution >= 4 is 11.8 Å². The van der Waals surface area contributed by atoms with Crippen LogP contribution < -0.4 is 5.32 Å². The maximum absolute atomic E-state index is 12.3. The van der Waals surface area contributed by atoms with E-state index in [2.05, 4.69) is 41.5 Å². The average Bonchev–Trinajstić information content (AvgIpc) is 3.15. The van der Waals surface area contributed by atoms with Crippen molar-refractivity contribution in [2.45, 2.75) is 46.1 Å². The van der Waals surface area contributed by atoms with E-state index in [0.29, 0.717) is 11.4 Å². The number of nitrogens with zero attached hydrogens (tertiary/aromatic N) is 4. The third kappa shape index (κ3) is 5.13. The standard InChI is InChI=1S/C22H25N5O2/c1-15-7-5-6-8-18(15)20-24-26-27(25-20)14-13-19(28)23-21(29)16-9-11-17(12-10-16)22(2,3)4/h5-12H,13-14H2,1-4H3,(H,23,28,29). The minimum absolute atomic E-state index is 0.00671. The zero-order valence-electron chi connectivity index (χ0n) is 17.1. The van der Waals surface area contributed by atoms with Crippen LogP contribution in [0.15, 0.2) is 48.5 Å². The number of hydrogen-bond donors (Lipinski definition) is 1. The molecule has 0 unspecified atom stereocenters. The van der Waals surface area contributed by atoms with E-state index >= 15 is 0 Å². The predicted octanol–water partition coefficient (Wildman–Crippen LogP) is 3.29. The molecule has 150 valence electrons. The van der Waals surface area contributed by atoms with Gasteiger partial charge in [-0.15, -0.1) is 10.2 Å². The van der Waals surface area contributed by atoms with Gasteiger partial charge < -0.3 is 0 Å². The zero-order valence-corrected chi connectivity index (χ0v) is 17.1. The van der Waals surface area contributed by atoms with E-state index in [0.717, 1.165) is 16.7 Å². The second kappa shape index (κ2) is 8.34. The van der Waals surface area contributed by atoms with Crippen molar-refractivity contribution < 1.29 is 9.59 Å². The van der Waals surface area contributed by atoms with E-state index in [4.69, 9.17) is 0 Å². The first-order valence-corrected chi connectivity index (χ1v) is 9.52. The van der Waals surface area contributed by atoms with Crippen LogP contribution in [-0.2, 0) is 16.8 Å². The van der Waals surface area contributed by atoms with Crippen molar-refractivity contribution in [2.24, 2.45) is 0 Å². The molecule has 7 nitrogen and oxygen atoms in total. The number of carbonyl (C=O) groups excluding carboxylic acids is 2. The molecule has 0 aliphatic rings. The zero-order chi connectivity index (χ0) is 21.0. The summed E-state index contributed by atoms with van der Waals surface area (Å²) in [6.07, 6.45) is 0.0788. The summed E-state index contributed by atoms with van der Waals surface area (Å²) in [5.41, 5.74) is 3.53. The van der Waals surface area contributed by atoms with Gasteiger partial charge in [0.1, 0.15) is 0 Å². The van der Waals surface area contributed by atoms with E-state index in [1.807, 2.05) is 43.3 Å². The SMILES string of the molecule is Cc1ccccc1-c1nnn(CCC(=O)NC(=O)c2ccc(C(C)(C)C)cc2)n1. The number of aromatic nitrogens is 4. The Labute approximate surface area is 170 Å². The molecule has 3 aromatic rings. The largest absolute Gasteiger partial charge is 0.292 e. The highest BCUT2D eigenvalue weighted by Crippen LogP contribution is 2.22. The fourth-order valence-corrected chi connectivity index (χ4v) is 2.85. The summed E-state index contributed by atoms with van der Waals surface area (Å²) in [6.45, 7) is 8.53. The molecule has 2 amide bonds. The second-order valence-electron chi connectivity index (χ2n) is 7.98. The van der Waals surface area contributed by atoms with E-state index in [1.165, 1.54) is 4.80 Å². The normalized spacial score (nSPS) is 11.3. The summed E-state index contributed by atoms with van der Waals surface area (Å²) in [5, 5.41) is 14.7. The topological polar surface area (TPSA) is 89.8 Å². The van der Waals surface area contributed by atoms with Crippen LogP contribution in [0, 0.1) is 6.92 Å². The van der Waals surface area contributed by atoms with Gasteiger partial charge in [0, 0.05) is 17.5 Å². The minimum Gasteiger partial charge on any atom is -0.292 e. The van der Waals surface area contributed by atoms with Gasteiger partial charge in [-0.1, -0.05) is 57.2 Å². The van der Waals surface area contributed by atoms with Crippen LogP contribution in [0.25, 0.3) is 11.4 Å². The number of benzene rings is 2. The number of imide groups is 1. The molecule has 7 heteroatoms. The van der Waals surface area contributed by atoms with Crippen molar-refractivity contribution in [2.75, 3.05) is 0 Å². The van der Waals surface area contributed by atoms with Crippen LogP contribution in [0.2, 0.25) is 0 Å².